The van der Waals surface area contributed by atoms with E-state index in [0.717, 1.165) is 6.42 Å². The van der Waals surface area contributed by atoms with Gasteiger partial charge in [-0.05, 0) is 49.7 Å². The van der Waals surface area contributed by atoms with Crippen LogP contribution in [0.1, 0.15) is 20.3 Å². The Balaban J connectivity index is 1.62. The fourth-order valence-electron chi connectivity index (χ4n) is 2.18. The van der Waals surface area contributed by atoms with Crippen LogP contribution < -0.4 is 9.47 Å². The number of nitrogens with zero attached hydrogens (tertiary/aromatic N) is 1. The number of oxazole rings is 1. The van der Waals surface area contributed by atoms with Gasteiger partial charge in [-0.2, -0.15) is 4.98 Å². The molecule has 0 fully saturated rings. The first-order valence-electron chi connectivity index (χ1n) is 8.22. The minimum Gasteiger partial charge on any atom is -0.479 e. The Labute approximate surface area is 155 Å². The molecule has 0 radical (unpaired) electrons. The number of rotatable bonds is 7. The topological polar surface area (TPSA) is 70.8 Å². The third-order valence-electron chi connectivity index (χ3n) is 3.45. The number of ether oxygens (including phenoxy) is 3. The third-order valence-corrected chi connectivity index (χ3v) is 3.69. The van der Waals surface area contributed by atoms with Gasteiger partial charge in [0.15, 0.2) is 11.7 Å². The zero-order valence-corrected chi connectivity index (χ0v) is 15.2. The summed E-state index contributed by atoms with van der Waals surface area (Å²) in [6, 6.07) is 11.9. The zero-order chi connectivity index (χ0) is 18.5. The van der Waals surface area contributed by atoms with E-state index in [9.17, 15) is 4.79 Å². The molecule has 0 spiro atoms. The normalized spacial score (nSPS) is 12.0. The van der Waals surface area contributed by atoms with E-state index in [1.165, 1.54) is 0 Å². The van der Waals surface area contributed by atoms with E-state index in [-0.39, 0.29) is 6.08 Å². The van der Waals surface area contributed by atoms with E-state index in [0.29, 0.717) is 34.2 Å². The van der Waals surface area contributed by atoms with E-state index in [1.54, 1.807) is 49.4 Å². The highest BCUT2D eigenvalue weighted by Crippen LogP contribution is 2.28. The van der Waals surface area contributed by atoms with Crippen molar-refractivity contribution in [2.24, 2.45) is 0 Å². The summed E-state index contributed by atoms with van der Waals surface area (Å²) in [6.45, 7) is 3.96. The molecule has 0 amide bonds. The average Bonchev–Trinajstić information content (AvgIpc) is 3.02. The van der Waals surface area contributed by atoms with Crippen LogP contribution in [0.15, 0.2) is 46.9 Å². The summed E-state index contributed by atoms with van der Waals surface area (Å²) in [5.41, 5.74) is 1.20. The SMILES string of the molecule is CCCOC(=O)C(C)Oc1ccc(Oc2nc3ccc(Cl)cc3o2)cc1. The molecule has 0 aliphatic carbocycles. The molecule has 0 aliphatic heterocycles. The monoisotopic (exact) mass is 375 g/mol. The van der Waals surface area contributed by atoms with Crippen LogP contribution in [0, 0.1) is 0 Å². The maximum absolute atomic E-state index is 11.7. The van der Waals surface area contributed by atoms with Crippen LogP contribution >= 0.6 is 11.6 Å². The van der Waals surface area contributed by atoms with Gasteiger partial charge in [0, 0.05) is 11.1 Å². The summed E-state index contributed by atoms with van der Waals surface area (Å²) in [5.74, 6) is 0.663. The predicted molar refractivity (Wildman–Crippen MR) is 96.9 cm³/mol. The third kappa shape index (κ3) is 4.46. The summed E-state index contributed by atoms with van der Waals surface area (Å²) >= 11 is 5.92. The van der Waals surface area contributed by atoms with Crippen molar-refractivity contribution in [1.82, 2.24) is 4.98 Å². The number of carbonyl (C=O) groups excluding carboxylic acids is 1. The number of hydrogen-bond acceptors (Lipinski definition) is 6. The molecule has 0 saturated heterocycles. The lowest BCUT2D eigenvalue weighted by Crippen LogP contribution is -2.26. The second-order valence-electron chi connectivity index (χ2n) is 5.59. The summed E-state index contributed by atoms with van der Waals surface area (Å²) in [7, 11) is 0. The Morgan fingerprint density at radius 1 is 1.19 bits per heavy atom. The quantitative estimate of drug-likeness (QED) is 0.541. The summed E-state index contributed by atoms with van der Waals surface area (Å²) in [6.07, 6.45) is 0.203. The minimum absolute atomic E-state index is 0.118. The second-order valence-corrected chi connectivity index (χ2v) is 6.03. The van der Waals surface area contributed by atoms with E-state index >= 15 is 0 Å². The van der Waals surface area contributed by atoms with Crippen molar-refractivity contribution < 1.29 is 23.4 Å². The molecule has 2 aromatic carbocycles. The fourth-order valence-corrected chi connectivity index (χ4v) is 2.34. The number of carbonyl (C=O) groups is 1. The van der Waals surface area contributed by atoms with Gasteiger partial charge in [-0.15, -0.1) is 0 Å². The van der Waals surface area contributed by atoms with Gasteiger partial charge in [-0.3, -0.25) is 0 Å². The highest BCUT2D eigenvalue weighted by molar-refractivity contribution is 6.31. The molecule has 1 unspecified atom stereocenters. The van der Waals surface area contributed by atoms with Crippen molar-refractivity contribution in [2.45, 2.75) is 26.4 Å². The molecule has 1 heterocycles. The first-order chi connectivity index (χ1) is 12.5. The summed E-state index contributed by atoms with van der Waals surface area (Å²) < 4.78 is 21.7. The smallest absolute Gasteiger partial charge is 0.400 e. The Morgan fingerprint density at radius 2 is 1.92 bits per heavy atom. The van der Waals surface area contributed by atoms with E-state index in [4.69, 9.17) is 30.2 Å². The van der Waals surface area contributed by atoms with Crippen LogP contribution in [0.2, 0.25) is 5.02 Å². The Bertz CT molecular complexity index is 891. The van der Waals surface area contributed by atoms with Crippen molar-refractivity contribution >= 4 is 28.7 Å². The molecule has 3 aromatic rings. The lowest BCUT2D eigenvalue weighted by atomic mass is 10.3. The molecule has 26 heavy (non-hydrogen) atoms. The second kappa shape index (κ2) is 8.10. The Hall–Kier alpha value is -2.73. The average molecular weight is 376 g/mol. The van der Waals surface area contributed by atoms with Crippen molar-refractivity contribution in [3.8, 4) is 17.6 Å². The molecule has 7 heteroatoms. The van der Waals surface area contributed by atoms with Gasteiger partial charge in [0.05, 0.1) is 6.61 Å². The zero-order valence-electron chi connectivity index (χ0n) is 14.4. The predicted octanol–water partition coefficient (Wildman–Crippen LogP) is 4.99. The van der Waals surface area contributed by atoms with Crippen LogP contribution in [0.5, 0.6) is 17.6 Å². The van der Waals surface area contributed by atoms with E-state index < -0.39 is 12.1 Å². The van der Waals surface area contributed by atoms with Crippen LogP contribution in [-0.2, 0) is 9.53 Å². The highest BCUT2D eigenvalue weighted by atomic mass is 35.5. The number of aromatic nitrogens is 1. The fraction of sp³-hybridized carbons (Fsp3) is 0.263. The van der Waals surface area contributed by atoms with Crippen LogP contribution in [0.25, 0.3) is 11.1 Å². The van der Waals surface area contributed by atoms with Crippen molar-refractivity contribution in [2.75, 3.05) is 6.61 Å². The van der Waals surface area contributed by atoms with Gasteiger partial charge >= 0.3 is 12.0 Å². The number of benzene rings is 2. The number of halogens is 1. The standard InChI is InChI=1S/C19H18ClNO5/c1-3-10-23-18(22)12(2)24-14-5-7-15(8-6-14)25-19-21-16-9-4-13(20)11-17(16)26-19/h4-9,11-12H,3,10H2,1-2H3. The summed E-state index contributed by atoms with van der Waals surface area (Å²) in [4.78, 5) is 16.0. The lowest BCUT2D eigenvalue weighted by Gasteiger charge is -2.13. The van der Waals surface area contributed by atoms with Gasteiger partial charge in [-0.25, -0.2) is 4.79 Å². The lowest BCUT2D eigenvalue weighted by molar-refractivity contribution is -0.151. The highest BCUT2D eigenvalue weighted by Gasteiger charge is 2.16. The van der Waals surface area contributed by atoms with Crippen molar-refractivity contribution in [3.05, 3.63) is 47.5 Å². The molecule has 1 aromatic heterocycles. The van der Waals surface area contributed by atoms with Crippen molar-refractivity contribution in [1.29, 1.82) is 0 Å². The van der Waals surface area contributed by atoms with Crippen LogP contribution in [0.4, 0.5) is 0 Å². The maximum Gasteiger partial charge on any atom is 0.400 e. The molecule has 0 bridgehead atoms. The molecule has 0 N–H and O–H groups in total. The number of esters is 1. The molecule has 1 atom stereocenters. The number of fused-ring (bicyclic) bond motifs is 1. The molecule has 0 aliphatic rings. The number of hydrogen-bond donors (Lipinski definition) is 0. The van der Waals surface area contributed by atoms with Crippen LogP contribution in [0.3, 0.4) is 0 Å². The largest absolute Gasteiger partial charge is 0.479 e. The minimum atomic E-state index is -0.685. The van der Waals surface area contributed by atoms with E-state index in [1.807, 2.05) is 6.92 Å². The first-order valence-corrected chi connectivity index (χ1v) is 8.60. The molecule has 3 rings (SSSR count). The van der Waals surface area contributed by atoms with Gasteiger partial charge in [0.25, 0.3) is 0 Å². The molecule has 136 valence electrons. The van der Waals surface area contributed by atoms with Gasteiger partial charge in [0.2, 0.25) is 0 Å². The van der Waals surface area contributed by atoms with Crippen LogP contribution in [-0.4, -0.2) is 23.7 Å². The molecular formula is C19H18ClNO5. The first kappa shape index (κ1) is 18.1. The van der Waals surface area contributed by atoms with Gasteiger partial charge in [0.1, 0.15) is 17.0 Å². The molecule has 0 saturated carbocycles. The Morgan fingerprint density at radius 3 is 2.65 bits per heavy atom. The van der Waals surface area contributed by atoms with Gasteiger partial charge in [-0.1, -0.05) is 18.5 Å². The molecular weight excluding hydrogens is 358 g/mol. The van der Waals surface area contributed by atoms with Crippen molar-refractivity contribution in [3.63, 3.8) is 0 Å². The summed E-state index contributed by atoms with van der Waals surface area (Å²) in [5, 5.41) is 0.563. The Kier molecular flexibility index (Phi) is 5.63. The van der Waals surface area contributed by atoms with Gasteiger partial charge < -0.3 is 18.6 Å². The van der Waals surface area contributed by atoms with E-state index in [2.05, 4.69) is 4.98 Å². The molecule has 6 nitrogen and oxygen atoms in total. The maximum atomic E-state index is 11.7.